The number of aromatic nitrogens is 5. The minimum absolute atomic E-state index is 0.0204. The van der Waals surface area contributed by atoms with Gasteiger partial charge in [0.2, 0.25) is 0 Å². The number of ether oxygens (including phenoxy) is 2. The molecule has 0 unspecified atom stereocenters. The highest BCUT2D eigenvalue weighted by atomic mass is 32.1. The van der Waals surface area contributed by atoms with E-state index in [9.17, 15) is 18.0 Å². The summed E-state index contributed by atoms with van der Waals surface area (Å²) in [5, 5.41) is 6.11. The number of nitrogens with zero attached hydrogens (tertiary/aromatic N) is 5. The molecule has 0 aliphatic rings. The summed E-state index contributed by atoms with van der Waals surface area (Å²) in [7, 11) is 1.59. The van der Waals surface area contributed by atoms with Gasteiger partial charge in [-0.25, -0.2) is 14.5 Å². The predicted octanol–water partition coefficient (Wildman–Crippen LogP) is 4.57. The van der Waals surface area contributed by atoms with Crippen molar-refractivity contribution in [2.75, 3.05) is 7.11 Å². The first-order valence-electron chi connectivity index (χ1n) is 10.2. The van der Waals surface area contributed by atoms with E-state index >= 15 is 0 Å². The SMILES string of the molecule is COc1cccc(-c2nc(COC(=O)CCc3c(C)nc4nc(C(F)(F)F)nn4c3C)cs2)c1. The van der Waals surface area contributed by atoms with Crippen LogP contribution >= 0.6 is 11.3 Å². The van der Waals surface area contributed by atoms with Gasteiger partial charge in [0, 0.05) is 28.8 Å². The third-order valence-electron chi connectivity index (χ3n) is 5.13. The first kappa shape index (κ1) is 23.6. The Kier molecular flexibility index (Phi) is 6.51. The molecule has 8 nitrogen and oxygen atoms in total. The van der Waals surface area contributed by atoms with Crippen molar-refractivity contribution in [3.05, 3.63) is 58.1 Å². The van der Waals surface area contributed by atoms with E-state index in [1.54, 1.807) is 21.0 Å². The number of thiazole rings is 1. The van der Waals surface area contributed by atoms with Gasteiger partial charge in [-0.05, 0) is 38.0 Å². The van der Waals surface area contributed by atoms with Crippen molar-refractivity contribution in [3.8, 4) is 16.3 Å². The van der Waals surface area contributed by atoms with E-state index in [0.29, 0.717) is 22.6 Å². The molecule has 0 amide bonds. The smallest absolute Gasteiger partial charge is 0.453 e. The Morgan fingerprint density at radius 3 is 2.71 bits per heavy atom. The molecule has 12 heteroatoms. The van der Waals surface area contributed by atoms with Crippen LogP contribution in [0.25, 0.3) is 16.3 Å². The zero-order chi connectivity index (χ0) is 24.5. The summed E-state index contributed by atoms with van der Waals surface area (Å²) >= 11 is 1.43. The lowest BCUT2D eigenvalue weighted by atomic mass is 10.1. The van der Waals surface area contributed by atoms with Crippen molar-refractivity contribution in [1.82, 2.24) is 24.6 Å². The summed E-state index contributed by atoms with van der Waals surface area (Å²) < 4.78 is 50.4. The number of aryl methyl sites for hydroxylation is 2. The second-order valence-electron chi connectivity index (χ2n) is 7.44. The Morgan fingerprint density at radius 1 is 1.18 bits per heavy atom. The molecule has 0 saturated heterocycles. The van der Waals surface area contributed by atoms with Crippen molar-refractivity contribution in [2.45, 2.75) is 39.5 Å². The number of hydrogen-bond acceptors (Lipinski definition) is 8. The second kappa shape index (κ2) is 9.37. The Morgan fingerprint density at radius 2 is 1.97 bits per heavy atom. The fourth-order valence-electron chi connectivity index (χ4n) is 3.41. The molecular formula is C22H20F3N5O3S. The number of methoxy groups -OCH3 is 1. The number of hydrogen-bond donors (Lipinski definition) is 0. The van der Waals surface area contributed by atoms with Gasteiger partial charge < -0.3 is 9.47 Å². The van der Waals surface area contributed by atoms with E-state index in [-0.39, 0.29) is 25.2 Å². The lowest BCUT2D eigenvalue weighted by Gasteiger charge is -2.10. The molecule has 0 spiro atoms. The molecule has 3 heterocycles. The van der Waals surface area contributed by atoms with Crippen molar-refractivity contribution in [1.29, 1.82) is 0 Å². The molecule has 0 N–H and O–H groups in total. The third-order valence-corrected chi connectivity index (χ3v) is 6.07. The van der Waals surface area contributed by atoms with Gasteiger partial charge in [-0.1, -0.05) is 12.1 Å². The van der Waals surface area contributed by atoms with Crippen LogP contribution in [0.1, 0.15) is 34.9 Å². The number of carbonyl (C=O) groups is 1. The van der Waals surface area contributed by atoms with Gasteiger partial charge in [0.15, 0.2) is 0 Å². The largest absolute Gasteiger partial charge is 0.497 e. The van der Waals surface area contributed by atoms with Crippen LogP contribution in [0.4, 0.5) is 13.2 Å². The topological polar surface area (TPSA) is 91.5 Å². The number of alkyl halides is 3. The lowest BCUT2D eigenvalue weighted by molar-refractivity contribution is -0.145. The minimum Gasteiger partial charge on any atom is -0.497 e. The van der Waals surface area contributed by atoms with E-state index in [4.69, 9.17) is 9.47 Å². The molecule has 0 fully saturated rings. The molecule has 0 atom stereocenters. The summed E-state index contributed by atoms with van der Waals surface area (Å²) in [6, 6.07) is 7.50. The zero-order valence-corrected chi connectivity index (χ0v) is 19.3. The monoisotopic (exact) mass is 491 g/mol. The van der Waals surface area contributed by atoms with Gasteiger partial charge in [0.25, 0.3) is 11.6 Å². The van der Waals surface area contributed by atoms with Gasteiger partial charge in [0.05, 0.1) is 12.8 Å². The van der Waals surface area contributed by atoms with Crippen molar-refractivity contribution in [3.63, 3.8) is 0 Å². The predicted molar refractivity (Wildman–Crippen MR) is 117 cm³/mol. The molecule has 0 radical (unpaired) electrons. The van der Waals surface area contributed by atoms with Gasteiger partial charge in [-0.2, -0.15) is 18.2 Å². The van der Waals surface area contributed by atoms with Crippen LogP contribution < -0.4 is 4.74 Å². The Hall–Kier alpha value is -3.54. The highest BCUT2D eigenvalue weighted by Crippen LogP contribution is 2.28. The molecule has 0 aliphatic carbocycles. The fraction of sp³-hybridized carbons (Fsp3) is 0.318. The first-order valence-corrected chi connectivity index (χ1v) is 11.1. The standard InChI is InChI=1S/C22H20F3N5O3S/c1-12-17(13(2)30-21(26-12)28-20(29-30)22(23,24)25)7-8-18(31)33-10-15-11-34-19(27-15)14-5-4-6-16(9-14)32-3/h4-6,9,11H,7-8,10H2,1-3H3. The van der Waals surface area contributed by atoms with Crippen LogP contribution in [0.15, 0.2) is 29.6 Å². The Bertz CT molecular complexity index is 1350. The van der Waals surface area contributed by atoms with Crippen LogP contribution in [-0.2, 0) is 28.7 Å². The molecule has 0 bridgehead atoms. The van der Waals surface area contributed by atoms with Crippen molar-refractivity contribution >= 4 is 23.1 Å². The first-order chi connectivity index (χ1) is 16.2. The van der Waals surface area contributed by atoms with E-state index in [1.165, 1.54) is 11.3 Å². The van der Waals surface area contributed by atoms with E-state index < -0.39 is 18.0 Å². The average Bonchev–Trinajstić information content (AvgIpc) is 3.45. The molecule has 4 aromatic rings. The summed E-state index contributed by atoms with van der Waals surface area (Å²) in [6.45, 7) is 3.30. The van der Waals surface area contributed by atoms with Gasteiger partial charge in [-0.3, -0.25) is 4.79 Å². The third kappa shape index (κ3) is 5.01. The maximum atomic E-state index is 12.9. The van der Waals surface area contributed by atoms with Gasteiger partial charge in [0.1, 0.15) is 17.4 Å². The van der Waals surface area contributed by atoms with Crippen molar-refractivity contribution in [2.24, 2.45) is 0 Å². The molecule has 0 aliphatic heterocycles. The molecule has 4 rings (SSSR count). The van der Waals surface area contributed by atoms with Gasteiger partial charge in [-0.15, -0.1) is 16.4 Å². The van der Waals surface area contributed by atoms with E-state index in [2.05, 4.69) is 20.1 Å². The van der Waals surface area contributed by atoms with E-state index in [0.717, 1.165) is 20.8 Å². The quantitative estimate of drug-likeness (QED) is 0.350. The Labute approximate surface area is 196 Å². The maximum Gasteiger partial charge on any atom is 0.453 e. The summed E-state index contributed by atoms with van der Waals surface area (Å²) in [5.74, 6) is -1.12. The number of halogens is 3. The highest BCUT2D eigenvalue weighted by molar-refractivity contribution is 7.13. The Balaban J connectivity index is 1.38. The normalized spacial score (nSPS) is 11.7. The van der Waals surface area contributed by atoms with Gasteiger partial charge >= 0.3 is 12.1 Å². The minimum atomic E-state index is -4.67. The van der Waals surface area contributed by atoms with Crippen LogP contribution in [0.5, 0.6) is 5.75 Å². The fourth-order valence-corrected chi connectivity index (χ4v) is 4.21. The number of fused-ring (bicyclic) bond motifs is 1. The molecule has 3 aromatic heterocycles. The van der Waals surface area contributed by atoms with Crippen LogP contribution in [-0.4, -0.2) is 37.6 Å². The molecule has 0 saturated carbocycles. The zero-order valence-electron chi connectivity index (χ0n) is 18.5. The van der Waals surface area contributed by atoms with Crippen LogP contribution in [0, 0.1) is 13.8 Å². The second-order valence-corrected chi connectivity index (χ2v) is 8.30. The maximum absolute atomic E-state index is 12.9. The van der Waals surface area contributed by atoms with Crippen LogP contribution in [0.2, 0.25) is 0 Å². The number of benzene rings is 1. The number of esters is 1. The van der Waals surface area contributed by atoms with Crippen LogP contribution in [0.3, 0.4) is 0 Å². The highest BCUT2D eigenvalue weighted by Gasteiger charge is 2.37. The summed E-state index contributed by atoms with van der Waals surface area (Å²) in [5.41, 5.74) is 3.07. The number of rotatable bonds is 7. The summed E-state index contributed by atoms with van der Waals surface area (Å²) in [4.78, 5) is 24.4. The average molecular weight is 491 g/mol. The molecule has 1 aromatic carbocycles. The molecule has 34 heavy (non-hydrogen) atoms. The van der Waals surface area contributed by atoms with E-state index in [1.807, 2.05) is 29.6 Å². The lowest BCUT2D eigenvalue weighted by Crippen LogP contribution is -2.11. The number of carbonyl (C=O) groups excluding carboxylic acids is 1. The van der Waals surface area contributed by atoms with Crippen molar-refractivity contribution < 1.29 is 27.4 Å². The molecular weight excluding hydrogens is 471 g/mol. The summed E-state index contributed by atoms with van der Waals surface area (Å²) in [6.07, 6.45) is -4.39. The molecule has 178 valence electrons.